The first kappa shape index (κ1) is 17.9. The Morgan fingerprint density at radius 3 is 2.08 bits per heavy atom. The molecule has 0 radical (unpaired) electrons. The Balaban J connectivity index is 2.21. The number of nitrogens with zero attached hydrogens (tertiary/aromatic N) is 1. The van der Waals surface area contributed by atoms with Crippen LogP contribution in [0.4, 0.5) is 10.1 Å². The van der Waals surface area contributed by atoms with Gasteiger partial charge in [-0.25, -0.2) is 17.5 Å². The molecule has 0 aliphatic rings. The summed E-state index contributed by atoms with van der Waals surface area (Å²) >= 11 is 0. The van der Waals surface area contributed by atoms with Crippen LogP contribution >= 0.6 is 0 Å². The summed E-state index contributed by atoms with van der Waals surface area (Å²) in [5.74, 6) is -0.446. The van der Waals surface area contributed by atoms with Gasteiger partial charge in [0.2, 0.25) is 0 Å². The van der Waals surface area contributed by atoms with Crippen molar-refractivity contribution in [1.29, 1.82) is 0 Å². The molecule has 0 bridgehead atoms. The SMILES string of the molecule is CC(C)(C)[N+]([O-])=Cc1ccc(S(=O)(=O)Nc2ccc(F)cc2)cc1. The Labute approximate surface area is 141 Å². The third-order valence-corrected chi connectivity index (χ3v) is 4.61. The van der Waals surface area contributed by atoms with Gasteiger partial charge < -0.3 is 5.21 Å². The summed E-state index contributed by atoms with van der Waals surface area (Å²) in [5.41, 5.74) is 0.292. The van der Waals surface area contributed by atoms with E-state index in [-0.39, 0.29) is 10.6 Å². The lowest BCUT2D eigenvalue weighted by Crippen LogP contribution is -2.29. The minimum Gasteiger partial charge on any atom is -0.623 e. The highest BCUT2D eigenvalue weighted by Crippen LogP contribution is 2.17. The molecule has 128 valence electrons. The average Bonchev–Trinajstić information content (AvgIpc) is 2.49. The largest absolute Gasteiger partial charge is 0.623 e. The third-order valence-electron chi connectivity index (χ3n) is 3.21. The van der Waals surface area contributed by atoms with Crippen molar-refractivity contribution in [2.24, 2.45) is 0 Å². The van der Waals surface area contributed by atoms with Crippen molar-refractivity contribution in [2.45, 2.75) is 31.2 Å². The number of rotatable bonds is 4. The zero-order chi connectivity index (χ0) is 18.0. The molecule has 0 spiro atoms. The van der Waals surface area contributed by atoms with Gasteiger partial charge in [0, 0.05) is 32.0 Å². The Morgan fingerprint density at radius 2 is 1.58 bits per heavy atom. The molecule has 0 aliphatic heterocycles. The average molecular weight is 350 g/mol. The van der Waals surface area contributed by atoms with Crippen LogP contribution in [0.5, 0.6) is 0 Å². The summed E-state index contributed by atoms with van der Waals surface area (Å²) in [6, 6.07) is 11.0. The van der Waals surface area contributed by atoms with Gasteiger partial charge in [-0.05, 0) is 48.5 Å². The fourth-order valence-corrected chi connectivity index (χ4v) is 2.85. The van der Waals surface area contributed by atoms with Crippen molar-refractivity contribution in [2.75, 3.05) is 4.72 Å². The van der Waals surface area contributed by atoms with E-state index in [0.717, 1.165) is 4.74 Å². The predicted molar refractivity (Wildman–Crippen MR) is 92.2 cm³/mol. The van der Waals surface area contributed by atoms with Crippen LogP contribution in [-0.2, 0) is 10.0 Å². The second-order valence-electron chi connectivity index (χ2n) is 6.31. The van der Waals surface area contributed by atoms with Crippen LogP contribution < -0.4 is 4.72 Å². The van der Waals surface area contributed by atoms with Crippen LogP contribution in [0.25, 0.3) is 0 Å². The number of hydrogen-bond acceptors (Lipinski definition) is 3. The summed E-state index contributed by atoms with van der Waals surface area (Å²) in [5, 5.41) is 11.9. The summed E-state index contributed by atoms with van der Waals surface area (Å²) in [7, 11) is -3.78. The van der Waals surface area contributed by atoms with Gasteiger partial charge in [0.1, 0.15) is 5.82 Å². The Kier molecular flexibility index (Phi) is 4.94. The number of nitrogens with one attached hydrogen (secondary N) is 1. The maximum absolute atomic E-state index is 12.9. The second-order valence-corrected chi connectivity index (χ2v) is 7.99. The van der Waals surface area contributed by atoms with Crippen LogP contribution in [0.2, 0.25) is 0 Å². The topological polar surface area (TPSA) is 72.2 Å². The third kappa shape index (κ3) is 4.55. The molecule has 2 rings (SSSR count). The van der Waals surface area contributed by atoms with Crippen molar-refractivity contribution < 1.29 is 17.5 Å². The van der Waals surface area contributed by atoms with Crippen LogP contribution in [0.3, 0.4) is 0 Å². The molecule has 1 N–H and O–H groups in total. The van der Waals surface area contributed by atoms with Crippen LogP contribution in [-0.4, -0.2) is 24.9 Å². The maximum Gasteiger partial charge on any atom is 0.261 e. The van der Waals surface area contributed by atoms with Crippen molar-refractivity contribution >= 4 is 21.9 Å². The van der Waals surface area contributed by atoms with Gasteiger partial charge >= 0.3 is 0 Å². The van der Waals surface area contributed by atoms with Gasteiger partial charge in [-0.3, -0.25) is 4.72 Å². The molecular formula is C17H19FN2O3S. The maximum atomic E-state index is 12.9. The molecule has 0 fully saturated rings. The predicted octanol–water partition coefficient (Wildman–Crippen LogP) is 3.35. The van der Waals surface area contributed by atoms with Gasteiger partial charge in [0.25, 0.3) is 10.0 Å². The zero-order valence-electron chi connectivity index (χ0n) is 13.7. The van der Waals surface area contributed by atoms with Gasteiger partial charge in [-0.15, -0.1) is 0 Å². The van der Waals surface area contributed by atoms with Crippen LogP contribution in [0.15, 0.2) is 53.4 Å². The second kappa shape index (κ2) is 6.60. The summed E-state index contributed by atoms with van der Waals surface area (Å²) in [4.78, 5) is 0.0529. The van der Waals surface area contributed by atoms with Gasteiger partial charge in [-0.2, -0.15) is 0 Å². The standard InChI is InChI=1S/C17H19FN2O3S/c1-17(2,3)20(21)12-13-4-10-16(11-5-13)24(22,23)19-15-8-6-14(18)7-9-15/h4-12,19H,1-3H3. The highest BCUT2D eigenvalue weighted by Gasteiger charge is 2.18. The normalized spacial score (nSPS) is 12.9. The lowest BCUT2D eigenvalue weighted by molar-refractivity contribution is -0.530. The molecule has 0 amide bonds. The van der Waals surface area contributed by atoms with Gasteiger partial charge in [0.15, 0.2) is 11.8 Å². The molecule has 0 heterocycles. The minimum absolute atomic E-state index is 0.0529. The smallest absolute Gasteiger partial charge is 0.261 e. The summed E-state index contributed by atoms with van der Waals surface area (Å²) in [6.45, 7) is 5.34. The van der Waals surface area contributed by atoms with Gasteiger partial charge in [0.05, 0.1) is 4.90 Å². The quantitative estimate of drug-likeness (QED) is 0.398. The van der Waals surface area contributed by atoms with Crippen molar-refractivity contribution in [3.05, 3.63) is 65.1 Å². The summed E-state index contributed by atoms with van der Waals surface area (Å²) < 4.78 is 40.6. The Morgan fingerprint density at radius 1 is 1.04 bits per heavy atom. The van der Waals surface area contributed by atoms with Crippen molar-refractivity contribution in [3.8, 4) is 0 Å². The highest BCUT2D eigenvalue weighted by atomic mass is 32.2. The lowest BCUT2D eigenvalue weighted by atomic mass is 10.1. The molecule has 0 aliphatic carbocycles. The van der Waals surface area contributed by atoms with E-state index in [4.69, 9.17) is 0 Å². The van der Waals surface area contributed by atoms with E-state index < -0.39 is 21.4 Å². The number of benzene rings is 2. The molecule has 5 nitrogen and oxygen atoms in total. The molecule has 0 atom stereocenters. The zero-order valence-corrected chi connectivity index (χ0v) is 14.5. The number of anilines is 1. The molecule has 0 saturated heterocycles. The van der Waals surface area contributed by atoms with E-state index >= 15 is 0 Å². The Bertz CT molecular complexity index is 837. The molecule has 2 aromatic carbocycles. The van der Waals surface area contributed by atoms with E-state index in [1.165, 1.54) is 42.6 Å². The first-order valence-electron chi connectivity index (χ1n) is 7.28. The highest BCUT2D eigenvalue weighted by molar-refractivity contribution is 7.92. The van der Waals surface area contributed by atoms with Gasteiger partial charge in [-0.1, -0.05) is 0 Å². The number of sulfonamides is 1. The van der Waals surface area contributed by atoms with Crippen LogP contribution in [0.1, 0.15) is 26.3 Å². The number of halogens is 1. The molecule has 0 aromatic heterocycles. The summed E-state index contributed by atoms with van der Waals surface area (Å²) in [6.07, 6.45) is 1.41. The van der Waals surface area contributed by atoms with Crippen LogP contribution in [0, 0.1) is 11.0 Å². The molecule has 2 aromatic rings. The van der Waals surface area contributed by atoms with E-state index in [9.17, 15) is 18.0 Å². The fourth-order valence-electron chi connectivity index (χ4n) is 1.79. The minimum atomic E-state index is -3.78. The monoisotopic (exact) mass is 350 g/mol. The number of hydrogen-bond donors (Lipinski definition) is 1. The van der Waals surface area contributed by atoms with Crippen molar-refractivity contribution in [1.82, 2.24) is 0 Å². The van der Waals surface area contributed by atoms with E-state index in [2.05, 4.69) is 4.72 Å². The molecule has 0 unspecified atom stereocenters. The lowest BCUT2D eigenvalue weighted by Gasteiger charge is -2.18. The first-order chi connectivity index (χ1) is 11.1. The molecule has 0 saturated carbocycles. The number of hydroxylamine groups is 1. The molecule has 7 heteroatoms. The van der Waals surface area contributed by atoms with E-state index in [0.29, 0.717) is 5.56 Å². The Hall–Kier alpha value is -2.41. The first-order valence-corrected chi connectivity index (χ1v) is 8.76. The fraction of sp³-hybridized carbons (Fsp3) is 0.235. The molecular weight excluding hydrogens is 331 g/mol. The molecule has 24 heavy (non-hydrogen) atoms. The van der Waals surface area contributed by atoms with E-state index in [1.54, 1.807) is 32.9 Å². The van der Waals surface area contributed by atoms with Crippen molar-refractivity contribution in [3.63, 3.8) is 0 Å². The van der Waals surface area contributed by atoms with E-state index in [1.807, 2.05) is 0 Å².